The Morgan fingerprint density at radius 1 is 0.913 bits per heavy atom. The van der Waals surface area contributed by atoms with Gasteiger partial charge in [-0.15, -0.1) is 0 Å². The molecule has 0 aliphatic rings. The van der Waals surface area contributed by atoms with E-state index in [-0.39, 0.29) is 18.5 Å². The lowest BCUT2D eigenvalue weighted by Gasteiger charge is -2.40. The van der Waals surface area contributed by atoms with Gasteiger partial charge < -0.3 is 24.5 Å². The van der Waals surface area contributed by atoms with Crippen LogP contribution in [-0.2, 0) is 26.8 Å². The fourth-order valence-corrected chi connectivity index (χ4v) is 7.30. The van der Waals surface area contributed by atoms with Crippen LogP contribution in [0, 0.1) is 0 Å². The third kappa shape index (κ3) is 14.0. The molecule has 0 fully saturated rings. The predicted octanol–water partition coefficient (Wildman–Crippen LogP) is 9.51. The van der Waals surface area contributed by atoms with Crippen LogP contribution in [0.15, 0.2) is 41.8 Å². The van der Waals surface area contributed by atoms with Crippen LogP contribution in [0.2, 0.25) is 0 Å². The second-order valence-electron chi connectivity index (χ2n) is 11.4. The molecule has 0 bridgehead atoms. The highest BCUT2D eigenvalue weighted by Gasteiger charge is 2.65. The Morgan fingerprint density at radius 2 is 1.52 bits per heavy atom. The van der Waals surface area contributed by atoms with Crippen molar-refractivity contribution in [1.29, 1.82) is 0 Å². The minimum atomic E-state index is -9.59. The zero-order valence-corrected chi connectivity index (χ0v) is 28.6. The first-order chi connectivity index (χ1) is 21.5. The van der Waals surface area contributed by atoms with Crippen molar-refractivity contribution in [3.63, 3.8) is 0 Å². The standard InChI is InChI=1S/C29H45F5N5O4PS2/c1-24(20-39-22-38-27-28(35)36-21-37-29(27)39)42-23-44(40,41)43-17-19-45-18-11-9-7-5-3-2-4-6-8-10-12-25-13-15-26(16-14-25)46(30,31,32,33)34/h13-16,21-22,24H,2-12,17-20,23H2,1H3,(H,40,41)(H2,35,36,37)/t24-/m1/s1. The highest BCUT2D eigenvalue weighted by atomic mass is 32.5. The number of hydrogen-bond donors (Lipinski definition) is 2. The van der Waals surface area contributed by atoms with Crippen LogP contribution in [0.1, 0.15) is 76.7 Å². The van der Waals surface area contributed by atoms with Gasteiger partial charge in [0.05, 0.1) is 25.6 Å². The zero-order chi connectivity index (χ0) is 33.7. The van der Waals surface area contributed by atoms with Crippen LogP contribution < -0.4 is 5.73 Å². The number of imidazole rings is 1. The summed E-state index contributed by atoms with van der Waals surface area (Å²) >= 11 is 1.69. The molecule has 3 aromatic rings. The molecular weight excluding hydrogens is 672 g/mol. The molecule has 0 spiro atoms. The summed E-state index contributed by atoms with van der Waals surface area (Å²) in [5, 5.41) is 0. The Balaban J connectivity index is 1.10. The number of fused-ring (bicyclic) bond motifs is 1. The van der Waals surface area contributed by atoms with Crippen molar-refractivity contribution >= 4 is 46.6 Å². The Bertz CT molecular complexity index is 1420. The van der Waals surface area contributed by atoms with Gasteiger partial charge in [0.1, 0.15) is 23.1 Å². The fraction of sp³-hybridized carbons (Fsp3) is 0.621. The average molecular weight is 718 g/mol. The Kier molecular flexibility index (Phi) is 13.7. The van der Waals surface area contributed by atoms with E-state index in [4.69, 9.17) is 15.0 Å². The van der Waals surface area contributed by atoms with E-state index in [1.807, 2.05) is 0 Å². The van der Waals surface area contributed by atoms with Crippen molar-refractivity contribution in [3.05, 3.63) is 42.5 Å². The highest BCUT2D eigenvalue weighted by molar-refractivity contribution is 8.45. The number of ether oxygens (including phenoxy) is 1. The molecule has 1 unspecified atom stereocenters. The minimum absolute atomic E-state index is 0.169. The summed E-state index contributed by atoms with van der Waals surface area (Å²) in [5.41, 5.74) is 7.49. The van der Waals surface area contributed by atoms with E-state index in [1.165, 1.54) is 6.33 Å². The van der Waals surface area contributed by atoms with Crippen LogP contribution in [0.3, 0.4) is 0 Å². The summed E-state index contributed by atoms with van der Waals surface area (Å²) in [4.78, 5) is 20.5. The summed E-state index contributed by atoms with van der Waals surface area (Å²) in [7, 11) is -13.5. The average Bonchev–Trinajstić information content (AvgIpc) is 3.38. The van der Waals surface area contributed by atoms with Crippen LogP contribution in [0.4, 0.5) is 25.2 Å². The Hall–Kier alpha value is -1.97. The first-order valence-electron chi connectivity index (χ1n) is 15.4. The van der Waals surface area contributed by atoms with Crippen molar-refractivity contribution in [1.82, 2.24) is 19.5 Å². The van der Waals surface area contributed by atoms with Gasteiger partial charge in [-0.05, 0) is 49.6 Å². The summed E-state index contributed by atoms with van der Waals surface area (Å²) < 4.78 is 88.8. The molecular formula is C29H45F5N5O4PS2. The summed E-state index contributed by atoms with van der Waals surface area (Å²) in [6, 6.07) is 3.27. The molecule has 3 rings (SSSR count). The molecule has 17 heteroatoms. The first kappa shape index (κ1) is 38.5. The van der Waals surface area contributed by atoms with Gasteiger partial charge in [0.2, 0.25) is 0 Å². The van der Waals surface area contributed by atoms with Crippen molar-refractivity contribution in [2.45, 2.75) is 95.1 Å². The number of anilines is 1. The van der Waals surface area contributed by atoms with Gasteiger partial charge >= 0.3 is 17.8 Å². The Labute approximate surface area is 271 Å². The quantitative estimate of drug-likeness (QED) is 0.0561. The zero-order valence-electron chi connectivity index (χ0n) is 26.0. The molecule has 2 aromatic heterocycles. The van der Waals surface area contributed by atoms with Crippen molar-refractivity contribution in [3.8, 4) is 0 Å². The molecule has 0 radical (unpaired) electrons. The van der Waals surface area contributed by atoms with Gasteiger partial charge in [0.25, 0.3) is 0 Å². The van der Waals surface area contributed by atoms with E-state index >= 15 is 0 Å². The second-order valence-corrected chi connectivity index (χ2v) is 16.8. The van der Waals surface area contributed by atoms with E-state index in [0.29, 0.717) is 47.6 Å². The number of nitrogen functional groups attached to an aromatic ring is 1. The van der Waals surface area contributed by atoms with E-state index in [1.54, 1.807) is 29.6 Å². The second kappa shape index (κ2) is 16.4. The third-order valence-corrected chi connectivity index (χ3v) is 10.6. The minimum Gasteiger partial charge on any atom is -0.382 e. The van der Waals surface area contributed by atoms with Crippen molar-refractivity contribution in [2.24, 2.45) is 0 Å². The van der Waals surface area contributed by atoms with E-state index in [0.717, 1.165) is 82.1 Å². The van der Waals surface area contributed by atoms with Crippen LogP contribution in [-0.4, -0.2) is 55.0 Å². The lowest BCUT2D eigenvalue weighted by Crippen LogP contribution is -2.17. The van der Waals surface area contributed by atoms with Crippen molar-refractivity contribution < 1.29 is 38.1 Å². The molecule has 0 amide bonds. The fourth-order valence-electron chi connectivity index (χ4n) is 4.82. The van der Waals surface area contributed by atoms with Crippen LogP contribution >= 0.6 is 29.6 Å². The number of aromatic nitrogens is 4. The number of thioether (sulfide) groups is 1. The first-order valence-corrected chi connectivity index (χ1v) is 20.3. The summed E-state index contributed by atoms with van der Waals surface area (Å²) in [6.07, 6.45) is 13.5. The number of hydrogen-bond acceptors (Lipinski definition) is 8. The lowest BCUT2D eigenvalue weighted by atomic mass is 10.0. The van der Waals surface area contributed by atoms with Crippen molar-refractivity contribution in [2.75, 3.05) is 30.2 Å². The van der Waals surface area contributed by atoms with E-state index in [2.05, 4.69) is 15.0 Å². The van der Waals surface area contributed by atoms with Gasteiger partial charge in [-0.2, -0.15) is 11.8 Å². The number of halogens is 5. The van der Waals surface area contributed by atoms with Crippen LogP contribution in [0.25, 0.3) is 11.2 Å². The summed E-state index contributed by atoms with van der Waals surface area (Å²) in [5.74, 6) is 1.87. The molecule has 262 valence electrons. The molecule has 0 saturated heterocycles. The highest BCUT2D eigenvalue weighted by Crippen LogP contribution is 3.02. The molecule has 9 nitrogen and oxygen atoms in total. The summed E-state index contributed by atoms with van der Waals surface area (Å²) in [6.45, 7) is 2.32. The third-order valence-electron chi connectivity index (χ3n) is 7.30. The number of aryl methyl sites for hydroxylation is 1. The number of nitrogens with zero attached hydrogens (tertiary/aromatic N) is 4. The maximum atomic E-state index is 12.8. The molecule has 2 atom stereocenters. The lowest BCUT2D eigenvalue weighted by molar-refractivity contribution is 0.0724. The molecule has 0 saturated carbocycles. The number of rotatable bonds is 23. The van der Waals surface area contributed by atoms with Gasteiger partial charge in [0.15, 0.2) is 11.5 Å². The maximum absolute atomic E-state index is 12.8. The smallest absolute Gasteiger partial charge is 0.353 e. The Morgan fingerprint density at radius 3 is 2.15 bits per heavy atom. The molecule has 1 aromatic carbocycles. The predicted molar refractivity (Wildman–Crippen MR) is 176 cm³/mol. The van der Waals surface area contributed by atoms with Gasteiger partial charge in [-0.3, -0.25) is 4.57 Å². The van der Waals surface area contributed by atoms with E-state index in [9.17, 15) is 28.9 Å². The molecule has 46 heavy (non-hydrogen) atoms. The van der Waals surface area contributed by atoms with Gasteiger partial charge in [-0.25, -0.2) is 15.0 Å². The molecule has 0 aliphatic carbocycles. The van der Waals surface area contributed by atoms with Gasteiger partial charge in [-0.1, -0.05) is 82.9 Å². The topological polar surface area (TPSA) is 125 Å². The largest absolute Gasteiger partial charge is 0.382 e. The number of unbranched alkanes of at least 4 members (excludes halogenated alkanes) is 9. The van der Waals surface area contributed by atoms with Gasteiger partial charge in [0, 0.05) is 5.75 Å². The molecule has 0 aliphatic heterocycles. The van der Waals surface area contributed by atoms with Crippen LogP contribution in [0.5, 0.6) is 0 Å². The van der Waals surface area contributed by atoms with E-state index < -0.39 is 29.1 Å². The normalized spacial score (nSPS) is 15.8. The SMILES string of the molecule is C[C@H](Cn1cnc2c(N)ncnc21)OCP(=O)(O)OCCSCCCCCCCCCCCCc1ccc(S(F)(F)(F)(F)F)cc1. The monoisotopic (exact) mass is 717 g/mol. The maximum Gasteiger partial charge on any atom is 0.353 e. The number of nitrogens with two attached hydrogens (primary N) is 1. The molecule has 3 N–H and O–H groups in total. The number of benzene rings is 1. The molecule has 2 heterocycles.